The van der Waals surface area contributed by atoms with Crippen molar-refractivity contribution in [2.45, 2.75) is 44.8 Å². The number of hydrogen-bond acceptors (Lipinski definition) is 8. The third-order valence-electron chi connectivity index (χ3n) is 4.93. The first kappa shape index (κ1) is 27.3. The molecule has 2 amide bonds. The number of benzene rings is 1. The van der Waals surface area contributed by atoms with Gasteiger partial charge in [-0.25, -0.2) is 29.5 Å². The summed E-state index contributed by atoms with van der Waals surface area (Å²) in [6.45, 7) is 4.63. The summed E-state index contributed by atoms with van der Waals surface area (Å²) in [7, 11) is 0. The van der Waals surface area contributed by atoms with Crippen molar-refractivity contribution in [1.82, 2.24) is 15.3 Å². The quantitative estimate of drug-likeness (QED) is 0.578. The van der Waals surface area contributed by atoms with Crippen LogP contribution in [0.2, 0.25) is 0 Å². The van der Waals surface area contributed by atoms with E-state index in [0.29, 0.717) is 0 Å². The Morgan fingerprint density at radius 3 is 2.57 bits per heavy atom. The van der Waals surface area contributed by atoms with Crippen molar-refractivity contribution in [3.05, 3.63) is 47.7 Å². The van der Waals surface area contributed by atoms with Crippen LogP contribution in [0, 0.1) is 18.2 Å². The summed E-state index contributed by atoms with van der Waals surface area (Å²) >= 11 is 0. The van der Waals surface area contributed by atoms with Crippen molar-refractivity contribution < 1.29 is 37.0 Å². The van der Waals surface area contributed by atoms with Crippen LogP contribution in [0.15, 0.2) is 35.6 Å². The lowest BCUT2D eigenvalue weighted by Crippen LogP contribution is -2.55. The van der Waals surface area contributed by atoms with Crippen LogP contribution >= 0.6 is 0 Å². The van der Waals surface area contributed by atoms with Crippen molar-refractivity contribution in [2.75, 3.05) is 18.5 Å². The maximum Gasteiger partial charge on any atom is 0.415 e. The number of terminal acetylenes is 1. The van der Waals surface area contributed by atoms with Crippen LogP contribution in [0.4, 0.5) is 23.7 Å². The average Bonchev–Trinajstić information content (AvgIpc) is 2.80. The van der Waals surface area contributed by atoms with Crippen molar-refractivity contribution >= 4 is 23.7 Å². The number of nitrogens with one attached hydrogen (secondary N) is 2. The van der Waals surface area contributed by atoms with Crippen LogP contribution in [-0.2, 0) is 15.1 Å². The van der Waals surface area contributed by atoms with Gasteiger partial charge in [0.05, 0.1) is 12.4 Å². The lowest BCUT2D eigenvalue weighted by Gasteiger charge is -2.40. The average molecular weight is 519 g/mol. The van der Waals surface area contributed by atoms with E-state index in [0.717, 1.165) is 25.3 Å². The van der Waals surface area contributed by atoms with Crippen LogP contribution in [-0.4, -0.2) is 52.7 Å². The van der Waals surface area contributed by atoms with E-state index in [1.165, 1.54) is 12.3 Å². The number of carbonyl (C=O) groups is 2. The second-order valence-corrected chi connectivity index (χ2v) is 8.97. The number of amidine groups is 1. The first-order valence-corrected chi connectivity index (χ1v) is 10.8. The zero-order valence-electron chi connectivity index (χ0n) is 20.4. The summed E-state index contributed by atoms with van der Waals surface area (Å²) in [5.74, 6) is -3.11. The number of amides is 2. The van der Waals surface area contributed by atoms with Crippen LogP contribution in [0.1, 0.15) is 43.7 Å². The molecule has 1 aromatic carbocycles. The molecule has 10 nitrogen and oxygen atoms in total. The summed E-state index contributed by atoms with van der Waals surface area (Å²) in [6, 6.07) is 2.49. The number of alkyl carbamates (subject to hydrolysis) is 1. The fraction of sp³-hybridized carbons (Fsp3) is 0.375. The summed E-state index contributed by atoms with van der Waals surface area (Å²) in [5, 5.41) is 4.59. The van der Waals surface area contributed by atoms with Gasteiger partial charge in [-0.15, -0.1) is 6.42 Å². The Kier molecular flexibility index (Phi) is 7.61. The number of halogens is 3. The molecule has 0 spiro atoms. The van der Waals surface area contributed by atoms with Gasteiger partial charge in [0.1, 0.15) is 23.7 Å². The van der Waals surface area contributed by atoms with Crippen LogP contribution < -0.4 is 15.4 Å². The SMILES string of the molecule is C#CCOc1cnc(C(=O)Nc2ccc(F)c([C@@]3(C)OC(NC(=O)OC(C)(C)C)=NCC3(F)F)c2)cn1. The Balaban J connectivity index is 1.82. The van der Waals surface area contributed by atoms with Gasteiger partial charge in [0.25, 0.3) is 11.9 Å². The van der Waals surface area contributed by atoms with E-state index in [9.17, 15) is 14.0 Å². The van der Waals surface area contributed by atoms with E-state index in [1.807, 2.05) is 0 Å². The van der Waals surface area contributed by atoms with Crippen LogP contribution in [0.25, 0.3) is 0 Å². The minimum atomic E-state index is -3.69. The number of anilines is 1. The number of carbonyl (C=O) groups excluding carboxylic acids is 2. The molecule has 0 saturated heterocycles. The molecule has 0 aliphatic carbocycles. The molecular weight excluding hydrogens is 495 g/mol. The molecule has 2 heterocycles. The molecule has 1 aromatic heterocycles. The fourth-order valence-corrected chi connectivity index (χ4v) is 3.12. The number of ether oxygens (including phenoxy) is 3. The highest BCUT2D eigenvalue weighted by atomic mass is 19.3. The van der Waals surface area contributed by atoms with Gasteiger partial charge in [0.15, 0.2) is 6.61 Å². The van der Waals surface area contributed by atoms with Crippen molar-refractivity contribution in [3.63, 3.8) is 0 Å². The van der Waals surface area contributed by atoms with Crippen LogP contribution in [0.3, 0.4) is 0 Å². The Morgan fingerprint density at radius 2 is 1.95 bits per heavy atom. The highest BCUT2D eigenvalue weighted by Gasteiger charge is 2.58. The summed E-state index contributed by atoms with van der Waals surface area (Å²) < 4.78 is 60.3. The Labute approximate surface area is 210 Å². The number of aromatic nitrogens is 2. The van der Waals surface area contributed by atoms with Gasteiger partial charge in [0, 0.05) is 11.3 Å². The summed E-state index contributed by atoms with van der Waals surface area (Å²) in [5.41, 5.74) is -4.21. The lowest BCUT2D eigenvalue weighted by atomic mass is 9.87. The maximum absolute atomic E-state index is 15.0. The number of rotatable bonds is 5. The molecule has 0 fully saturated rings. The molecule has 1 aliphatic heterocycles. The summed E-state index contributed by atoms with van der Waals surface area (Å²) in [4.78, 5) is 36.0. The van der Waals surface area contributed by atoms with E-state index >= 15 is 8.78 Å². The number of hydrogen-bond donors (Lipinski definition) is 2. The van der Waals surface area contributed by atoms with Gasteiger partial charge in [-0.05, 0) is 45.9 Å². The molecule has 1 aliphatic rings. The van der Waals surface area contributed by atoms with Gasteiger partial charge in [-0.1, -0.05) is 5.92 Å². The molecule has 2 N–H and O–H groups in total. The maximum atomic E-state index is 15.0. The lowest BCUT2D eigenvalue weighted by molar-refractivity contribution is -0.174. The highest BCUT2D eigenvalue weighted by Crippen LogP contribution is 2.45. The van der Waals surface area contributed by atoms with Gasteiger partial charge in [-0.2, -0.15) is 8.78 Å². The standard InChI is InChI=1S/C24H24F3N5O5/c1-6-9-35-18-12-28-17(11-29-18)19(33)31-14-7-8-16(25)15(10-14)23(5)24(26,27)13-30-20(36-23)32-21(34)37-22(2,3)4/h1,7-8,10-12H,9,13H2,2-5H3,(H,31,33)(H,30,32,34)/t23-/m1/s1. The van der Waals surface area contributed by atoms with Crippen molar-refractivity contribution in [3.8, 4) is 18.2 Å². The molecule has 1 atom stereocenters. The summed E-state index contributed by atoms with van der Waals surface area (Å²) in [6.07, 6.45) is 6.40. The van der Waals surface area contributed by atoms with E-state index in [2.05, 4.69) is 31.5 Å². The van der Waals surface area contributed by atoms with E-state index < -0.39 is 53.1 Å². The second kappa shape index (κ2) is 10.3. The molecule has 2 aromatic rings. The second-order valence-electron chi connectivity index (χ2n) is 8.97. The van der Waals surface area contributed by atoms with Gasteiger partial charge >= 0.3 is 12.0 Å². The predicted molar refractivity (Wildman–Crippen MR) is 126 cm³/mol. The van der Waals surface area contributed by atoms with E-state index in [4.69, 9.17) is 20.6 Å². The minimum Gasteiger partial charge on any atom is -0.463 e. The van der Waals surface area contributed by atoms with Gasteiger partial charge in [-0.3, -0.25) is 4.79 Å². The third-order valence-corrected chi connectivity index (χ3v) is 4.93. The Morgan fingerprint density at radius 1 is 1.22 bits per heavy atom. The first-order valence-electron chi connectivity index (χ1n) is 10.8. The molecule has 0 unspecified atom stereocenters. The van der Waals surface area contributed by atoms with E-state index in [1.54, 1.807) is 20.8 Å². The monoisotopic (exact) mass is 519 g/mol. The molecular formula is C24H24F3N5O5. The van der Waals surface area contributed by atoms with Crippen molar-refractivity contribution in [1.29, 1.82) is 0 Å². The fourth-order valence-electron chi connectivity index (χ4n) is 3.12. The van der Waals surface area contributed by atoms with E-state index in [-0.39, 0.29) is 23.9 Å². The first-order chi connectivity index (χ1) is 17.2. The molecule has 0 bridgehead atoms. The molecule has 0 radical (unpaired) electrons. The highest BCUT2D eigenvalue weighted by molar-refractivity contribution is 6.02. The molecule has 3 rings (SSSR count). The number of aliphatic imine (C=N–C) groups is 1. The molecule has 0 saturated carbocycles. The van der Waals surface area contributed by atoms with Crippen LogP contribution in [0.5, 0.6) is 5.88 Å². The molecule has 37 heavy (non-hydrogen) atoms. The van der Waals surface area contributed by atoms with Gasteiger partial charge in [0.2, 0.25) is 11.5 Å². The topological polar surface area (TPSA) is 124 Å². The largest absolute Gasteiger partial charge is 0.463 e. The number of alkyl halides is 2. The zero-order chi connectivity index (χ0) is 27.4. The zero-order valence-corrected chi connectivity index (χ0v) is 20.4. The third kappa shape index (κ3) is 6.46. The smallest absolute Gasteiger partial charge is 0.415 e. The normalized spacial score (nSPS) is 18.5. The Bertz CT molecular complexity index is 1250. The molecule has 196 valence electrons. The number of nitrogens with zero attached hydrogens (tertiary/aromatic N) is 3. The Hall–Kier alpha value is -4.34. The van der Waals surface area contributed by atoms with Gasteiger partial charge < -0.3 is 19.5 Å². The van der Waals surface area contributed by atoms with Crippen molar-refractivity contribution in [2.24, 2.45) is 4.99 Å². The molecule has 13 heteroatoms. The predicted octanol–water partition coefficient (Wildman–Crippen LogP) is 3.64. The minimum absolute atomic E-state index is 0.0272.